The van der Waals surface area contributed by atoms with Crippen molar-refractivity contribution in [3.63, 3.8) is 0 Å². The Morgan fingerprint density at radius 3 is 2.46 bits per heavy atom. The standard InChI is InChI=1S/C18H21F2N3.HI/c1-13(14-6-4-3-5-7-14)23-18(21-2)22-11-10-15-8-9-16(19)12-17(15)20;/h3-9,12-13H,10-11H2,1-2H3,(H2,21,22,23);1H. The van der Waals surface area contributed by atoms with Gasteiger partial charge in [0, 0.05) is 19.7 Å². The third-order valence-corrected chi connectivity index (χ3v) is 3.58. The molecule has 0 aliphatic rings. The van der Waals surface area contributed by atoms with Gasteiger partial charge in [0.1, 0.15) is 11.6 Å². The molecule has 0 aliphatic carbocycles. The van der Waals surface area contributed by atoms with Gasteiger partial charge in [0.05, 0.1) is 6.04 Å². The van der Waals surface area contributed by atoms with E-state index in [1.165, 1.54) is 12.1 Å². The fourth-order valence-electron chi connectivity index (χ4n) is 2.26. The molecule has 130 valence electrons. The Labute approximate surface area is 158 Å². The van der Waals surface area contributed by atoms with E-state index in [0.29, 0.717) is 24.5 Å². The first-order valence-corrected chi connectivity index (χ1v) is 7.56. The molecule has 2 N–H and O–H groups in total. The summed E-state index contributed by atoms with van der Waals surface area (Å²) in [5, 5.41) is 6.42. The van der Waals surface area contributed by atoms with Gasteiger partial charge in [0.15, 0.2) is 5.96 Å². The average Bonchev–Trinajstić information content (AvgIpc) is 2.56. The molecule has 3 nitrogen and oxygen atoms in total. The van der Waals surface area contributed by atoms with Gasteiger partial charge in [0.2, 0.25) is 0 Å². The first-order valence-electron chi connectivity index (χ1n) is 7.56. The van der Waals surface area contributed by atoms with Crippen molar-refractivity contribution < 1.29 is 8.78 Å². The number of nitrogens with zero attached hydrogens (tertiary/aromatic N) is 1. The highest BCUT2D eigenvalue weighted by atomic mass is 127. The minimum absolute atomic E-state index is 0. The van der Waals surface area contributed by atoms with Gasteiger partial charge >= 0.3 is 0 Å². The van der Waals surface area contributed by atoms with Crippen LogP contribution in [0.1, 0.15) is 24.1 Å². The fraction of sp³-hybridized carbons (Fsp3) is 0.278. The maximum absolute atomic E-state index is 13.6. The van der Waals surface area contributed by atoms with Gasteiger partial charge in [-0.15, -0.1) is 24.0 Å². The highest BCUT2D eigenvalue weighted by molar-refractivity contribution is 14.0. The van der Waals surface area contributed by atoms with Crippen LogP contribution in [-0.2, 0) is 6.42 Å². The van der Waals surface area contributed by atoms with E-state index in [0.717, 1.165) is 11.6 Å². The second-order valence-electron chi connectivity index (χ2n) is 5.26. The molecule has 0 heterocycles. The molecule has 0 radical (unpaired) electrons. The van der Waals surface area contributed by atoms with Crippen LogP contribution in [0.5, 0.6) is 0 Å². The molecule has 2 aromatic rings. The lowest BCUT2D eigenvalue weighted by atomic mass is 10.1. The minimum Gasteiger partial charge on any atom is -0.356 e. The zero-order chi connectivity index (χ0) is 16.7. The summed E-state index contributed by atoms with van der Waals surface area (Å²) in [5.41, 5.74) is 1.63. The molecule has 2 rings (SSSR count). The predicted molar refractivity (Wildman–Crippen MR) is 105 cm³/mol. The van der Waals surface area contributed by atoms with E-state index in [-0.39, 0.29) is 30.0 Å². The van der Waals surface area contributed by atoms with Crippen LogP contribution in [-0.4, -0.2) is 19.6 Å². The molecule has 0 bridgehead atoms. The number of halogens is 3. The van der Waals surface area contributed by atoms with Crippen molar-refractivity contribution in [1.29, 1.82) is 0 Å². The Morgan fingerprint density at radius 2 is 1.83 bits per heavy atom. The summed E-state index contributed by atoms with van der Waals surface area (Å²) in [4.78, 5) is 4.16. The van der Waals surface area contributed by atoms with Crippen molar-refractivity contribution in [2.24, 2.45) is 4.99 Å². The largest absolute Gasteiger partial charge is 0.356 e. The van der Waals surface area contributed by atoms with Gasteiger partial charge in [-0.1, -0.05) is 36.4 Å². The van der Waals surface area contributed by atoms with Crippen LogP contribution >= 0.6 is 24.0 Å². The van der Waals surface area contributed by atoms with Crippen LogP contribution in [0.3, 0.4) is 0 Å². The number of aliphatic imine (C=N–C) groups is 1. The van der Waals surface area contributed by atoms with E-state index in [1.54, 1.807) is 7.05 Å². The summed E-state index contributed by atoms with van der Waals surface area (Å²) in [6.07, 6.45) is 0.451. The van der Waals surface area contributed by atoms with Gasteiger partial charge in [-0.3, -0.25) is 4.99 Å². The molecule has 6 heteroatoms. The molecule has 0 saturated carbocycles. The molecule has 0 spiro atoms. The molecule has 0 amide bonds. The summed E-state index contributed by atoms with van der Waals surface area (Å²) in [6.45, 7) is 2.55. The Bertz CT molecular complexity index is 663. The summed E-state index contributed by atoms with van der Waals surface area (Å²) in [7, 11) is 1.69. The molecule has 0 saturated heterocycles. The lowest BCUT2D eigenvalue weighted by Crippen LogP contribution is -2.39. The van der Waals surface area contributed by atoms with Gasteiger partial charge < -0.3 is 10.6 Å². The summed E-state index contributed by atoms with van der Waals surface area (Å²) < 4.78 is 26.4. The van der Waals surface area contributed by atoms with Gasteiger partial charge in [-0.2, -0.15) is 0 Å². The minimum atomic E-state index is -0.562. The molecular formula is C18H22F2IN3. The monoisotopic (exact) mass is 445 g/mol. The summed E-state index contributed by atoms with van der Waals surface area (Å²) >= 11 is 0. The van der Waals surface area contributed by atoms with Crippen molar-refractivity contribution in [1.82, 2.24) is 10.6 Å². The second-order valence-corrected chi connectivity index (χ2v) is 5.26. The molecule has 0 fully saturated rings. The first kappa shape index (κ1) is 20.3. The molecule has 1 unspecified atom stereocenters. The quantitative estimate of drug-likeness (QED) is 0.414. The smallest absolute Gasteiger partial charge is 0.191 e. The highest BCUT2D eigenvalue weighted by Gasteiger charge is 2.08. The van der Waals surface area contributed by atoms with Crippen LogP contribution in [0, 0.1) is 11.6 Å². The van der Waals surface area contributed by atoms with Crippen LogP contribution in [0.4, 0.5) is 8.78 Å². The average molecular weight is 445 g/mol. The molecule has 2 aromatic carbocycles. The van der Waals surface area contributed by atoms with E-state index in [2.05, 4.69) is 15.6 Å². The zero-order valence-corrected chi connectivity index (χ0v) is 16.1. The third kappa shape index (κ3) is 6.07. The fourth-order valence-corrected chi connectivity index (χ4v) is 2.26. The lowest BCUT2D eigenvalue weighted by molar-refractivity contribution is 0.570. The Morgan fingerprint density at radius 1 is 1.12 bits per heavy atom. The van der Waals surface area contributed by atoms with Gasteiger partial charge in [0.25, 0.3) is 0 Å². The number of rotatable bonds is 5. The third-order valence-electron chi connectivity index (χ3n) is 3.58. The Balaban J connectivity index is 0.00000288. The molecule has 0 aromatic heterocycles. The zero-order valence-electron chi connectivity index (χ0n) is 13.7. The first-order chi connectivity index (χ1) is 11.1. The van der Waals surface area contributed by atoms with Crippen molar-refractivity contribution in [2.45, 2.75) is 19.4 Å². The number of benzene rings is 2. The van der Waals surface area contributed by atoms with Crippen molar-refractivity contribution in [3.05, 3.63) is 71.3 Å². The SMILES string of the molecule is CN=C(NCCc1ccc(F)cc1F)NC(C)c1ccccc1.I. The van der Waals surface area contributed by atoms with Crippen LogP contribution in [0.25, 0.3) is 0 Å². The van der Waals surface area contributed by atoms with Crippen LogP contribution < -0.4 is 10.6 Å². The number of hydrogen-bond acceptors (Lipinski definition) is 1. The highest BCUT2D eigenvalue weighted by Crippen LogP contribution is 2.11. The van der Waals surface area contributed by atoms with Gasteiger partial charge in [-0.25, -0.2) is 8.78 Å². The molecule has 1 atom stereocenters. The van der Waals surface area contributed by atoms with E-state index in [4.69, 9.17) is 0 Å². The lowest BCUT2D eigenvalue weighted by Gasteiger charge is -2.18. The molecular weight excluding hydrogens is 423 g/mol. The Hall–Kier alpha value is -1.70. The maximum Gasteiger partial charge on any atom is 0.191 e. The normalized spacial score (nSPS) is 12.2. The van der Waals surface area contributed by atoms with Gasteiger partial charge in [-0.05, 0) is 30.5 Å². The molecule has 24 heavy (non-hydrogen) atoms. The van der Waals surface area contributed by atoms with E-state index in [1.807, 2.05) is 37.3 Å². The number of hydrogen-bond donors (Lipinski definition) is 2. The molecule has 0 aliphatic heterocycles. The van der Waals surface area contributed by atoms with Crippen LogP contribution in [0.2, 0.25) is 0 Å². The van der Waals surface area contributed by atoms with Crippen molar-refractivity contribution >= 4 is 29.9 Å². The second kappa shape index (κ2) is 10.2. The number of nitrogens with one attached hydrogen (secondary N) is 2. The summed E-state index contributed by atoms with van der Waals surface area (Å²) in [5.74, 6) is -0.440. The van der Waals surface area contributed by atoms with Crippen molar-refractivity contribution in [3.8, 4) is 0 Å². The van der Waals surface area contributed by atoms with E-state index in [9.17, 15) is 8.78 Å². The maximum atomic E-state index is 13.6. The van der Waals surface area contributed by atoms with E-state index < -0.39 is 11.6 Å². The topological polar surface area (TPSA) is 36.4 Å². The number of guanidine groups is 1. The van der Waals surface area contributed by atoms with Crippen molar-refractivity contribution in [2.75, 3.05) is 13.6 Å². The summed E-state index contributed by atoms with van der Waals surface area (Å²) in [6, 6.07) is 13.8. The Kier molecular flexibility index (Phi) is 8.67. The van der Waals surface area contributed by atoms with E-state index >= 15 is 0 Å². The van der Waals surface area contributed by atoms with Crippen LogP contribution in [0.15, 0.2) is 53.5 Å². The predicted octanol–water partition coefficient (Wildman–Crippen LogP) is 4.05.